The van der Waals surface area contributed by atoms with Gasteiger partial charge in [0.05, 0.1) is 11.1 Å². The number of anilines is 1. The topological polar surface area (TPSA) is 73.6 Å². The standard InChI is InChI=1S/C22H20N2O4/c1-13-7-14(2)9-16(8-13)23-21(25)22(5-6-22)20-11-18(28-24-20)15-3-4-17-19(10-15)27-12-26-17/h3-4,7-11H,5-6,12H2,1-2H3,(H,23,25). The van der Waals surface area contributed by atoms with Gasteiger partial charge in [0.2, 0.25) is 12.7 Å². The summed E-state index contributed by atoms with van der Waals surface area (Å²) >= 11 is 0. The number of nitrogens with zero attached hydrogens (tertiary/aromatic N) is 1. The van der Waals surface area contributed by atoms with Crippen molar-refractivity contribution in [3.63, 3.8) is 0 Å². The fourth-order valence-corrected chi connectivity index (χ4v) is 3.71. The van der Waals surface area contributed by atoms with Crippen LogP contribution in [0, 0.1) is 13.8 Å². The summed E-state index contributed by atoms with van der Waals surface area (Å²) in [5, 5.41) is 7.26. The van der Waals surface area contributed by atoms with Crippen LogP contribution in [0.25, 0.3) is 11.3 Å². The van der Waals surface area contributed by atoms with E-state index in [1.165, 1.54) is 0 Å². The number of nitrogens with one attached hydrogen (secondary N) is 1. The van der Waals surface area contributed by atoms with Gasteiger partial charge < -0.3 is 19.3 Å². The number of benzene rings is 2. The highest BCUT2D eigenvalue weighted by atomic mass is 16.7. The van der Waals surface area contributed by atoms with Gasteiger partial charge in [0.15, 0.2) is 17.3 Å². The third-order valence-corrected chi connectivity index (χ3v) is 5.32. The van der Waals surface area contributed by atoms with E-state index in [1.807, 2.05) is 50.2 Å². The maximum absolute atomic E-state index is 13.0. The summed E-state index contributed by atoms with van der Waals surface area (Å²) in [6.07, 6.45) is 1.52. The van der Waals surface area contributed by atoms with E-state index in [0.717, 1.165) is 41.0 Å². The van der Waals surface area contributed by atoms with Crippen molar-refractivity contribution in [1.82, 2.24) is 5.16 Å². The van der Waals surface area contributed by atoms with E-state index in [4.69, 9.17) is 14.0 Å². The average Bonchev–Trinajstić information content (AvgIpc) is 3.10. The summed E-state index contributed by atoms with van der Waals surface area (Å²) in [6.45, 7) is 4.26. The van der Waals surface area contributed by atoms with Crippen LogP contribution in [-0.4, -0.2) is 17.9 Å². The molecule has 0 saturated heterocycles. The van der Waals surface area contributed by atoms with Gasteiger partial charge in [-0.15, -0.1) is 0 Å². The SMILES string of the molecule is Cc1cc(C)cc(NC(=O)C2(c3cc(-c4ccc5c(c4)OCO5)on3)CC2)c1. The van der Waals surface area contributed by atoms with Crippen LogP contribution in [0.4, 0.5) is 5.69 Å². The predicted octanol–water partition coefficient (Wildman–Crippen LogP) is 4.36. The Balaban J connectivity index is 1.39. The van der Waals surface area contributed by atoms with Crippen molar-refractivity contribution < 1.29 is 18.8 Å². The molecule has 6 nitrogen and oxygen atoms in total. The van der Waals surface area contributed by atoms with Crippen LogP contribution in [0.5, 0.6) is 11.5 Å². The molecule has 0 spiro atoms. The second-order valence-corrected chi connectivity index (χ2v) is 7.56. The summed E-state index contributed by atoms with van der Waals surface area (Å²) in [7, 11) is 0. The van der Waals surface area contributed by atoms with Crippen LogP contribution in [-0.2, 0) is 10.2 Å². The first-order chi connectivity index (χ1) is 13.5. The maximum atomic E-state index is 13.0. The number of amides is 1. The molecule has 1 fully saturated rings. The summed E-state index contributed by atoms with van der Waals surface area (Å²) in [5.74, 6) is 1.97. The first kappa shape index (κ1) is 16.9. The van der Waals surface area contributed by atoms with Crippen LogP contribution in [0.2, 0.25) is 0 Å². The summed E-state index contributed by atoms with van der Waals surface area (Å²) < 4.78 is 16.3. The monoisotopic (exact) mass is 376 g/mol. The molecule has 3 aromatic rings. The van der Waals surface area contributed by atoms with E-state index in [2.05, 4.69) is 16.5 Å². The van der Waals surface area contributed by atoms with Gasteiger partial charge in [-0.3, -0.25) is 4.79 Å². The number of carbonyl (C=O) groups excluding carboxylic acids is 1. The maximum Gasteiger partial charge on any atom is 0.236 e. The molecule has 2 aliphatic rings. The lowest BCUT2D eigenvalue weighted by atomic mass is 10.00. The zero-order chi connectivity index (χ0) is 19.3. The van der Waals surface area contributed by atoms with Crippen molar-refractivity contribution >= 4 is 11.6 Å². The highest BCUT2D eigenvalue weighted by Crippen LogP contribution is 2.49. The number of fused-ring (bicyclic) bond motifs is 1. The van der Waals surface area contributed by atoms with Crippen LogP contribution in [0.15, 0.2) is 47.0 Å². The molecule has 2 heterocycles. The predicted molar refractivity (Wildman–Crippen MR) is 104 cm³/mol. The van der Waals surface area contributed by atoms with E-state index < -0.39 is 5.41 Å². The molecule has 2 aromatic carbocycles. The molecule has 1 N–H and O–H groups in total. The fourth-order valence-electron chi connectivity index (χ4n) is 3.71. The lowest BCUT2D eigenvalue weighted by Gasteiger charge is -2.13. The van der Waals surface area contributed by atoms with Gasteiger partial charge in [-0.2, -0.15) is 0 Å². The second kappa shape index (κ2) is 6.12. The van der Waals surface area contributed by atoms with E-state index in [-0.39, 0.29) is 12.7 Å². The van der Waals surface area contributed by atoms with Crippen LogP contribution in [0.1, 0.15) is 29.7 Å². The van der Waals surface area contributed by atoms with Gasteiger partial charge in [0.25, 0.3) is 0 Å². The van der Waals surface area contributed by atoms with Crippen molar-refractivity contribution in [2.24, 2.45) is 0 Å². The third kappa shape index (κ3) is 2.81. The van der Waals surface area contributed by atoms with Crippen LogP contribution in [0.3, 0.4) is 0 Å². The molecular weight excluding hydrogens is 356 g/mol. The Bertz CT molecular complexity index is 1060. The highest BCUT2D eigenvalue weighted by Gasteiger charge is 2.53. The molecule has 142 valence electrons. The first-order valence-electron chi connectivity index (χ1n) is 9.30. The van der Waals surface area contributed by atoms with Gasteiger partial charge in [0.1, 0.15) is 0 Å². The minimum Gasteiger partial charge on any atom is -0.454 e. The lowest BCUT2D eigenvalue weighted by Crippen LogP contribution is -2.28. The van der Waals surface area contributed by atoms with E-state index in [0.29, 0.717) is 17.2 Å². The molecule has 1 aliphatic heterocycles. The third-order valence-electron chi connectivity index (χ3n) is 5.32. The minimum atomic E-state index is -0.615. The Morgan fingerprint density at radius 1 is 1.00 bits per heavy atom. The van der Waals surface area contributed by atoms with Crippen LogP contribution < -0.4 is 14.8 Å². The number of hydrogen-bond donors (Lipinski definition) is 1. The lowest BCUT2D eigenvalue weighted by molar-refractivity contribution is -0.118. The number of aryl methyl sites for hydroxylation is 2. The molecular formula is C22H20N2O4. The molecule has 1 saturated carbocycles. The first-order valence-corrected chi connectivity index (χ1v) is 9.30. The van der Waals surface area contributed by atoms with Gasteiger partial charge >= 0.3 is 0 Å². The fraction of sp³-hybridized carbons (Fsp3) is 0.273. The molecule has 0 bridgehead atoms. The molecule has 5 rings (SSSR count). The zero-order valence-electron chi connectivity index (χ0n) is 15.7. The van der Waals surface area contributed by atoms with E-state index in [1.54, 1.807) is 0 Å². The number of ether oxygens (including phenoxy) is 2. The quantitative estimate of drug-likeness (QED) is 0.732. The average molecular weight is 376 g/mol. The number of aromatic nitrogens is 1. The number of rotatable bonds is 4. The Hall–Kier alpha value is -3.28. The van der Waals surface area contributed by atoms with E-state index >= 15 is 0 Å². The largest absolute Gasteiger partial charge is 0.454 e. The molecule has 1 aromatic heterocycles. The van der Waals surface area contributed by atoms with Crippen molar-refractivity contribution in [2.75, 3.05) is 12.1 Å². The van der Waals surface area contributed by atoms with Crippen molar-refractivity contribution in [2.45, 2.75) is 32.1 Å². The summed E-state index contributed by atoms with van der Waals surface area (Å²) in [6, 6.07) is 13.5. The molecule has 0 radical (unpaired) electrons. The van der Waals surface area contributed by atoms with E-state index in [9.17, 15) is 4.79 Å². The molecule has 0 unspecified atom stereocenters. The second-order valence-electron chi connectivity index (χ2n) is 7.56. The van der Waals surface area contributed by atoms with Crippen molar-refractivity contribution in [1.29, 1.82) is 0 Å². The Labute approximate surface area is 162 Å². The van der Waals surface area contributed by atoms with Gasteiger partial charge in [-0.1, -0.05) is 11.2 Å². The molecule has 1 amide bonds. The number of carbonyl (C=O) groups is 1. The minimum absolute atomic E-state index is 0.0389. The Kier molecular flexibility index (Phi) is 3.69. The van der Waals surface area contributed by atoms with Gasteiger partial charge in [-0.05, 0) is 68.1 Å². The van der Waals surface area contributed by atoms with Gasteiger partial charge in [0, 0.05) is 17.3 Å². The Morgan fingerprint density at radius 2 is 1.75 bits per heavy atom. The highest BCUT2D eigenvalue weighted by molar-refractivity contribution is 6.01. The van der Waals surface area contributed by atoms with Gasteiger partial charge in [-0.25, -0.2) is 0 Å². The van der Waals surface area contributed by atoms with Crippen molar-refractivity contribution in [3.05, 3.63) is 59.3 Å². The molecule has 6 heteroatoms. The smallest absolute Gasteiger partial charge is 0.236 e. The summed E-state index contributed by atoms with van der Waals surface area (Å²) in [5.41, 5.74) is 3.94. The molecule has 1 aliphatic carbocycles. The number of hydrogen-bond acceptors (Lipinski definition) is 5. The summed E-state index contributed by atoms with van der Waals surface area (Å²) in [4.78, 5) is 13.0. The molecule has 0 atom stereocenters. The molecule has 28 heavy (non-hydrogen) atoms. The normalized spacial score (nSPS) is 16.1. The Morgan fingerprint density at radius 3 is 2.50 bits per heavy atom. The van der Waals surface area contributed by atoms with Crippen molar-refractivity contribution in [3.8, 4) is 22.8 Å². The zero-order valence-corrected chi connectivity index (χ0v) is 15.7. The van der Waals surface area contributed by atoms with Crippen LogP contribution >= 0.6 is 0 Å².